The Morgan fingerprint density at radius 1 is 0.871 bits per heavy atom. The average molecular weight is 440 g/mol. The lowest BCUT2D eigenvalue weighted by Gasteiger charge is -2.22. The van der Waals surface area contributed by atoms with Gasteiger partial charge in [-0.3, -0.25) is 4.79 Å². The van der Waals surface area contributed by atoms with E-state index >= 15 is 0 Å². The van der Waals surface area contributed by atoms with Crippen molar-refractivity contribution in [2.24, 2.45) is 0 Å². The summed E-state index contributed by atoms with van der Waals surface area (Å²) in [4.78, 5) is 12.2. The summed E-state index contributed by atoms with van der Waals surface area (Å²) in [6.07, 6.45) is 0. The fourth-order valence-corrected chi connectivity index (χ4v) is 4.48. The summed E-state index contributed by atoms with van der Waals surface area (Å²) in [6, 6.07) is 23.6. The molecule has 162 valence electrons. The van der Waals surface area contributed by atoms with Gasteiger partial charge in [-0.25, -0.2) is 8.42 Å². The third kappa shape index (κ3) is 5.71. The predicted octanol–water partition coefficient (Wildman–Crippen LogP) is 4.12. The Bertz CT molecular complexity index is 1090. The Morgan fingerprint density at radius 3 is 2.06 bits per heavy atom. The molecule has 0 aromatic heterocycles. The van der Waals surface area contributed by atoms with Crippen molar-refractivity contribution in [2.75, 3.05) is 20.3 Å². The Labute approximate surface area is 183 Å². The first-order chi connectivity index (χ1) is 14.9. The van der Waals surface area contributed by atoms with Crippen LogP contribution in [-0.2, 0) is 26.1 Å². The van der Waals surface area contributed by atoms with Gasteiger partial charge in [0.25, 0.3) is 0 Å². The van der Waals surface area contributed by atoms with Gasteiger partial charge < -0.3 is 9.47 Å². The maximum absolute atomic E-state index is 13.2. The number of nitrogens with zero attached hydrogens (tertiary/aromatic N) is 1. The van der Waals surface area contributed by atoms with Crippen molar-refractivity contribution in [2.45, 2.75) is 18.4 Å². The molecule has 0 atom stereocenters. The van der Waals surface area contributed by atoms with E-state index in [1.54, 1.807) is 19.1 Å². The van der Waals surface area contributed by atoms with Gasteiger partial charge >= 0.3 is 5.97 Å². The van der Waals surface area contributed by atoms with Crippen molar-refractivity contribution < 1.29 is 22.7 Å². The lowest BCUT2D eigenvalue weighted by atomic mass is 10.0. The van der Waals surface area contributed by atoms with Crippen LogP contribution in [0, 0.1) is 0 Å². The molecule has 6 nitrogen and oxygen atoms in total. The van der Waals surface area contributed by atoms with E-state index in [1.807, 2.05) is 54.6 Å². The first-order valence-electron chi connectivity index (χ1n) is 9.88. The molecule has 0 amide bonds. The van der Waals surface area contributed by atoms with Gasteiger partial charge in [0.05, 0.1) is 18.6 Å². The highest BCUT2D eigenvalue weighted by atomic mass is 32.2. The molecule has 0 saturated carbocycles. The van der Waals surface area contributed by atoms with Crippen molar-refractivity contribution in [1.29, 1.82) is 0 Å². The van der Waals surface area contributed by atoms with E-state index in [1.165, 1.54) is 19.2 Å². The number of carbonyl (C=O) groups excluding carboxylic acids is 1. The molecule has 0 bridgehead atoms. The van der Waals surface area contributed by atoms with Crippen LogP contribution in [0.5, 0.6) is 5.75 Å². The van der Waals surface area contributed by atoms with Gasteiger partial charge in [-0.05, 0) is 47.9 Å². The largest absolute Gasteiger partial charge is 0.497 e. The second-order valence-electron chi connectivity index (χ2n) is 6.82. The normalized spacial score (nSPS) is 11.3. The molecule has 0 aliphatic heterocycles. The number of hydrogen-bond donors (Lipinski definition) is 0. The number of hydrogen-bond acceptors (Lipinski definition) is 5. The van der Waals surface area contributed by atoms with Gasteiger partial charge in [-0.1, -0.05) is 54.6 Å². The van der Waals surface area contributed by atoms with Crippen molar-refractivity contribution >= 4 is 16.0 Å². The number of benzene rings is 3. The second-order valence-corrected chi connectivity index (χ2v) is 8.75. The zero-order chi connectivity index (χ0) is 22.3. The highest BCUT2D eigenvalue weighted by molar-refractivity contribution is 7.89. The van der Waals surface area contributed by atoms with Crippen molar-refractivity contribution in [3.05, 3.63) is 84.4 Å². The molecule has 0 aliphatic rings. The van der Waals surface area contributed by atoms with E-state index in [0.717, 1.165) is 21.0 Å². The van der Waals surface area contributed by atoms with Gasteiger partial charge in [-0.15, -0.1) is 0 Å². The zero-order valence-corrected chi connectivity index (χ0v) is 18.3. The molecular weight excluding hydrogens is 414 g/mol. The summed E-state index contributed by atoms with van der Waals surface area (Å²) in [5.41, 5.74) is 2.86. The number of sulfonamides is 1. The van der Waals surface area contributed by atoms with Gasteiger partial charge in [0.2, 0.25) is 10.0 Å². The SMILES string of the molecule is CCOC(=O)CN(Cc1ccc(-c2ccccc2)cc1)S(=O)(=O)c1ccc(OC)cc1. The molecule has 0 aliphatic carbocycles. The Hall–Kier alpha value is -3.16. The van der Waals surface area contributed by atoms with Crippen LogP contribution < -0.4 is 4.74 Å². The van der Waals surface area contributed by atoms with E-state index in [2.05, 4.69) is 0 Å². The maximum Gasteiger partial charge on any atom is 0.321 e. The lowest BCUT2D eigenvalue weighted by Crippen LogP contribution is -2.36. The standard InChI is InChI=1S/C24H25NO5S/c1-3-30-24(26)18-25(31(27,28)23-15-13-22(29-2)14-16-23)17-19-9-11-21(12-10-19)20-7-5-4-6-8-20/h4-16H,3,17-18H2,1-2H3. The molecule has 0 radical (unpaired) electrons. The molecule has 0 fully saturated rings. The first-order valence-corrected chi connectivity index (χ1v) is 11.3. The lowest BCUT2D eigenvalue weighted by molar-refractivity contribution is -0.143. The molecular formula is C24H25NO5S. The summed E-state index contributed by atoms with van der Waals surface area (Å²) >= 11 is 0. The van der Waals surface area contributed by atoms with Crippen LogP contribution in [0.1, 0.15) is 12.5 Å². The minimum atomic E-state index is -3.92. The summed E-state index contributed by atoms with van der Waals surface area (Å²) in [5, 5.41) is 0. The number of methoxy groups -OCH3 is 1. The maximum atomic E-state index is 13.2. The summed E-state index contributed by atoms with van der Waals surface area (Å²) in [7, 11) is -2.41. The summed E-state index contributed by atoms with van der Waals surface area (Å²) < 4.78 is 37.7. The third-order valence-electron chi connectivity index (χ3n) is 4.73. The highest BCUT2D eigenvalue weighted by Gasteiger charge is 2.27. The van der Waals surface area contributed by atoms with Crippen LogP contribution in [0.25, 0.3) is 11.1 Å². The molecule has 0 N–H and O–H groups in total. The molecule has 7 heteroatoms. The quantitative estimate of drug-likeness (QED) is 0.469. The van der Waals surface area contributed by atoms with Crippen LogP contribution in [0.4, 0.5) is 0 Å². The minimum Gasteiger partial charge on any atom is -0.497 e. The molecule has 0 spiro atoms. The van der Waals surface area contributed by atoms with Crippen LogP contribution >= 0.6 is 0 Å². The number of carbonyl (C=O) groups is 1. The molecule has 0 heterocycles. The fourth-order valence-electron chi connectivity index (χ4n) is 3.11. The predicted molar refractivity (Wildman–Crippen MR) is 119 cm³/mol. The molecule has 0 unspecified atom stereocenters. The Morgan fingerprint density at radius 2 is 1.48 bits per heavy atom. The van der Waals surface area contributed by atoms with Crippen LogP contribution in [0.2, 0.25) is 0 Å². The van der Waals surface area contributed by atoms with E-state index in [4.69, 9.17) is 9.47 Å². The molecule has 31 heavy (non-hydrogen) atoms. The minimum absolute atomic E-state index is 0.0439. The monoisotopic (exact) mass is 439 g/mol. The second kappa shape index (κ2) is 10.2. The molecule has 3 aromatic rings. The highest BCUT2D eigenvalue weighted by Crippen LogP contribution is 2.23. The van der Waals surface area contributed by atoms with Gasteiger partial charge in [0.15, 0.2) is 0 Å². The van der Waals surface area contributed by atoms with Crippen LogP contribution in [0.3, 0.4) is 0 Å². The zero-order valence-electron chi connectivity index (χ0n) is 17.5. The average Bonchev–Trinajstić information content (AvgIpc) is 2.80. The van der Waals surface area contributed by atoms with E-state index in [0.29, 0.717) is 5.75 Å². The summed E-state index contributed by atoms with van der Waals surface area (Å²) in [6.45, 7) is 1.54. The van der Waals surface area contributed by atoms with Crippen molar-refractivity contribution in [1.82, 2.24) is 4.31 Å². The first kappa shape index (κ1) is 22.5. The van der Waals surface area contributed by atoms with E-state index < -0.39 is 16.0 Å². The number of esters is 1. The Balaban J connectivity index is 1.87. The van der Waals surface area contributed by atoms with Crippen molar-refractivity contribution in [3.8, 4) is 16.9 Å². The van der Waals surface area contributed by atoms with E-state index in [-0.39, 0.29) is 24.6 Å². The van der Waals surface area contributed by atoms with Gasteiger partial charge in [0.1, 0.15) is 12.3 Å². The van der Waals surface area contributed by atoms with Crippen LogP contribution in [-0.4, -0.2) is 39.0 Å². The van der Waals surface area contributed by atoms with Crippen molar-refractivity contribution in [3.63, 3.8) is 0 Å². The molecule has 3 aromatic carbocycles. The molecule has 3 rings (SSSR count). The van der Waals surface area contributed by atoms with Gasteiger partial charge in [0, 0.05) is 6.54 Å². The smallest absolute Gasteiger partial charge is 0.321 e. The number of ether oxygens (including phenoxy) is 2. The summed E-state index contributed by atoms with van der Waals surface area (Å²) in [5.74, 6) is -0.0483. The van der Waals surface area contributed by atoms with Gasteiger partial charge in [-0.2, -0.15) is 4.31 Å². The fraction of sp³-hybridized carbons (Fsp3) is 0.208. The third-order valence-corrected chi connectivity index (χ3v) is 6.53. The van der Waals surface area contributed by atoms with E-state index in [9.17, 15) is 13.2 Å². The number of rotatable bonds is 9. The van der Waals surface area contributed by atoms with Crippen LogP contribution in [0.15, 0.2) is 83.8 Å². The topological polar surface area (TPSA) is 72.9 Å². The Kier molecular flexibility index (Phi) is 7.44. The molecule has 0 saturated heterocycles.